The Kier molecular flexibility index (Phi) is 5.55. The first kappa shape index (κ1) is 15.8. The van der Waals surface area contributed by atoms with Gasteiger partial charge >= 0.3 is 6.03 Å². The van der Waals surface area contributed by atoms with E-state index in [-0.39, 0.29) is 24.7 Å². The third kappa shape index (κ3) is 3.93. The van der Waals surface area contributed by atoms with Crippen molar-refractivity contribution >= 4 is 6.03 Å². The number of fused-ring (bicyclic) bond motifs is 1. The maximum atomic E-state index is 12.1. The highest BCUT2D eigenvalue weighted by Gasteiger charge is 2.25. The maximum Gasteiger partial charge on any atom is 0.315 e. The largest absolute Gasteiger partial charge is 0.396 e. The van der Waals surface area contributed by atoms with Crippen molar-refractivity contribution in [2.45, 2.75) is 64.6 Å². The molecule has 1 aromatic rings. The van der Waals surface area contributed by atoms with Crippen molar-refractivity contribution in [1.82, 2.24) is 25.4 Å². The van der Waals surface area contributed by atoms with E-state index in [0.717, 1.165) is 43.9 Å². The lowest BCUT2D eigenvalue weighted by molar-refractivity contribution is 0.221. The predicted octanol–water partition coefficient (Wildman–Crippen LogP) is 1.14. The van der Waals surface area contributed by atoms with E-state index < -0.39 is 0 Å². The zero-order valence-electron chi connectivity index (χ0n) is 12.8. The van der Waals surface area contributed by atoms with Crippen LogP contribution in [0.2, 0.25) is 0 Å². The Morgan fingerprint density at radius 2 is 2.33 bits per heavy atom. The van der Waals surface area contributed by atoms with Crippen molar-refractivity contribution in [3.05, 3.63) is 11.6 Å². The smallest absolute Gasteiger partial charge is 0.315 e. The molecular formula is C14H25N5O2. The van der Waals surface area contributed by atoms with Gasteiger partial charge in [0.1, 0.15) is 5.82 Å². The van der Waals surface area contributed by atoms with Crippen molar-refractivity contribution in [3.8, 4) is 0 Å². The van der Waals surface area contributed by atoms with Gasteiger partial charge in [-0.1, -0.05) is 13.8 Å². The minimum atomic E-state index is -0.199. The van der Waals surface area contributed by atoms with E-state index in [1.165, 1.54) is 0 Å². The standard InChI is InChI=1S/C14H25N5O2/c1-3-10(7-9-20)15-14(21)16-11-6-5-8-19-13(11)17-12(4-2)18-19/h10-11,20H,3-9H2,1-2H3,(H2,15,16,21). The van der Waals surface area contributed by atoms with Crippen molar-refractivity contribution in [2.75, 3.05) is 6.61 Å². The zero-order valence-corrected chi connectivity index (χ0v) is 12.8. The number of aliphatic hydroxyl groups excluding tert-OH is 1. The lowest BCUT2D eigenvalue weighted by Crippen LogP contribution is -2.44. The fourth-order valence-electron chi connectivity index (χ4n) is 2.61. The van der Waals surface area contributed by atoms with E-state index in [1.54, 1.807) is 0 Å². The van der Waals surface area contributed by atoms with Crippen LogP contribution in [0.3, 0.4) is 0 Å². The Labute approximate surface area is 125 Å². The summed E-state index contributed by atoms with van der Waals surface area (Å²) in [5.41, 5.74) is 0. The molecule has 21 heavy (non-hydrogen) atoms. The number of hydrogen-bond donors (Lipinski definition) is 3. The molecule has 0 spiro atoms. The van der Waals surface area contributed by atoms with Gasteiger partial charge in [0, 0.05) is 25.6 Å². The maximum absolute atomic E-state index is 12.1. The molecular weight excluding hydrogens is 270 g/mol. The average molecular weight is 295 g/mol. The van der Waals surface area contributed by atoms with Gasteiger partial charge in [-0.05, 0) is 25.7 Å². The summed E-state index contributed by atoms with van der Waals surface area (Å²) in [4.78, 5) is 16.6. The van der Waals surface area contributed by atoms with Crippen LogP contribution in [0.1, 0.15) is 57.2 Å². The van der Waals surface area contributed by atoms with Crippen molar-refractivity contribution in [1.29, 1.82) is 0 Å². The van der Waals surface area contributed by atoms with Crippen LogP contribution in [0.5, 0.6) is 0 Å². The fraction of sp³-hybridized carbons (Fsp3) is 0.786. The van der Waals surface area contributed by atoms with Crippen LogP contribution in [0.15, 0.2) is 0 Å². The second-order valence-corrected chi connectivity index (χ2v) is 5.39. The molecule has 0 aliphatic carbocycles. The van der Waals surface area contributed by atoms with Crippen molar-refractivity contribution in [3.63, 3.8) is 0 Å². The molecule has 1 aromatic heterocycles. The van der Waals surface area contributed by atoms with E-state index in [1.807, 2.05) is 18.5 Å². The summed E-state index contributed by atoms with van der Waals surface area (Å²) < 4.78 is 1.90. The molecule has 1 aliphatic rings. The molecule has 0 bridgehead atoms. The van der Waals surface area contributed by atoms with Gasteiger partial charge in [0.2, 0.25) is 0 Å². The van der Waals surface area contributed by atoms with Gasteiger partial charge < -0.3 is 15.7 Å². The summed E-state index contributed by atoms with van der Waals surface area (Å²) in [6, 6.07) is -0.282. The molecule has 0 aromatic carbocycles. The van der Waals surface area contributed by atoms with Crippen LogP contribution in [0, 0.1) is 0 Å². The minimum Gasteiger partial charge on any atom is -0.396 e. The summed E-state index contributed by atoms with van der Waals surface area (Å²) >= 11 is 0. The number of carbonyl (C=O) groups excluding carboxylic acids is 1. The Morgan fingerprint density at radius 3 is 3.00 bits per heavy atom. The summed E-state index contributed by atoms with van der Waals surface area (Å²) in [6.45, 7) is 4.96. The summed E-state index contributed by atoms with van der Waals surface area (Å²) in [5.74, 6) is 1.68. The highest BCUT2D eigenvalue weighted by atomic mass is 16.3. The predicted molar refractivity (Wildman–Crippen MR) is 78.8 cm³/mol. The molecule has 3 N–H and O–H groups in total. The third-order valence-corrected chi connectivity index (χ3v) is 3.85. The van der Waals surface area contributed by atoms with Gasteiger partial charge in [0.15, 0.2) is 5.82 Å². The zero-order chi connectivity index (χ0) is 15.2. The van der Waals surface area contributed by atoms with E-state index >= 15 is 0 Å². The molecule has 0 saturated heterocycles. The van der Waals surface area contributed by atoms with Gasteiger partial charge in [-0.2, -0.15) is 5.10 Å². The highest BCUT2D eigenvalue weighted by molar-refractivity contribution is 5.74. The molecule has 2 heterocycles. The first-order valence-electron chi connectivity index (χ1n) is 7.79. The van der Waals surface area contributed by atoms with Gasteiger partial charge in [-0.3, -0.25) is 0 Å². The summed E-state index contributed by atoms with van der Waals surface area (Å²) in [6.07, 6.45) is 4.04. The quantitative estimate of drug-likeness (QED) is 0.733. The Morgan fingerprint density at radius 1 is 1.52 bits per heavy atom. The Bertz CT molecular complexity index is 474. The second kappa shape index (κ2) is 7.40. The molecule has 7 nitrogen and oxygen atoms in total. The number of amides is 2. The average Bonchev–Trinajstić information content (AvgIpc) is 2.91. The molecule has 2 rings (SSSR count). The van der Waals surface area contributed by atoms with Crippen molar-refractivity contribution in [2.24, 2.45) is 0 Å². The van der Waals surface area contributed by atoms with Gasteiger partial charge in [-0.15, -0.1) is 0 Å². The number of carbonyl (C=O) groups is 1. The number of hydrogen-bond acceptors (Lipinski definition) is 4. The lowest BCUT2D eigenvalue weighted by atomic mass is 10.1. The molecule has 2 amide bonds. The second-order valence-electron chi connectivity index (χ2n) is 5.39. The fourth-order valence-corrected chi connectivity index (χ4v) is 2.61. The van der Waals surface area contributed by atoms with Gasteiger partial charge in [0.25, 0.3) is 0 Å². The Balaban J connectivity index is 1.97. The van der Waals surface area contributed by atoms with Crippen LogP contribution in [0.4, 0.5) is 4.79 Å². The van der Waals surface area contributed by atoms with Gasteiger partial charge in [-0.25, -0.2) is 14.5 Å². The molecule has 2 unspecified atom stereocenters. The van der Waals surface area contributed by atoms with Crippen LogP contribution in [0.25, 0.3) is 0 Å². The van der Waals surface area contributed by atoms with E-state index in [9.17, 15) is 4.79 Å². The van der Waals surface area contributed by atoms with Crippen LogP contribution < -0.4 is 10.6 Å². The number of aromatic nitrogens is 3. The number of nitrogens with zero attached hydrogens (tertiary/aromatic N) is 3. The van der Waals surface area contributed by atoms with Crippen LogP contribution >= 0.6 is 0 Å². The van der Waals surface area contributed by atoms with Crippen molar-refractivity contribution < 1.29 is 9.90 Å². The first-order valence-corrected chi connectivity index (χ1v) is 7.79. The molecule has 0 fully saturated rings. The van der Waals surface area contributed by atoms with Crippen LogP contribution in [-0.4, -0.2) is 38.6 Å². The lowest BCUT2D eigenvalue weighted by Gasteiger charge is -2.24. The highest BCUT2D eigenvalue weighted by Crippen LogP contribution is 2.23. The molecule has 7 heteroatoms. The van der Waals surface area contributed by atoms with Crippen LogP contribution in [-0.2, 0) is 13.0 Å². The molecule has 1 aliphatic heterocycles. The number of nitrogens with one attached hydrogen (secondary N) is 2. The molecule has 2 atom stereocenters. The monoisotopic (exact) mass is 295 g/mol. The molecule has 0 saturated carbocycles. The first-order chi connectivity index (χ1) is 10.2. The SMILES string of the molecule is CCc1nc2n(n1)CCCC2NC(=O)NC(CC)CCO. The third-order valence-electron chi connectivity index (χ3n) is 3.85. The van der Waals surface area contributed by atoms with E-state index in [2.05, 4.69) is 20.7 Å². The van der Waals surface area contributed by atoms with E-state index in [4.69, 9.17) is 5.11 Å². The Hall–Kier alpha value is -1.63. The number of urea groups is 1. The molecule has 0 radical (unpaired) electrons. The number of aliphatic hydroxyl groups is 1. The van der Waals surface area contributed by atoms with E-state index in [0.29, 0.717) is 6.42 Å². The number of rotatable bonds is 6. The minimum absolute atomic E-state index is 0.00247. The topological polar surface area (TPSA) is 92.1 Å². The molecule has 118 valence electrons. The number of aryl methyl sites for hydroxylation is 2. The summed E-state index contributed by atoms with van der Waals surface area (Å²) in [5, 5.41) is 19.3. The normalized spacial score (nSPS) is 18.9. The van der Waals surface area contributed by atoms with Gasteiger partial charge in [0.05, 0.1) is 6.04 Å². The summed E-state index contributed by atoms with van der Waals surface area (Å²) in [7, 11) is 0.